The second kappa shape index (κ2) is 7.48. The summed E-state index contributed by atoms with van der Waals surface area (Å²) in [7, 11) is 1.61. The molecule has 1 saturated heterocycles. The zero-order chi connectivity index (χ0) is 25.5. The van der Waals surface area contributed by atoms with Crippen molar-refractivity contribution in [2.75, 3.05) is 4.90 Å². The lowest BCUT2D eigenvalue weighted by atomic mass is 9.96. The van der Waals surface area contributed by atoms with Crippen LogP contribution >= 0.6 is 0 Å². The lowest BCUT2D eigenvalue weighted by Crippen LogP contribution is -2.69. The summed E-state index contributed by atoms with van der Waals surface area (Å²) >= 11 is 0. The summed E-state index contributed by atoms with van der Waals surface area (Å²) in [5, 5.41) is 8.82. The molecular formula is C26H22N6O5. The molecule has 0 N–H and O–H groups in total. The Morgan fingerprint density at radius 3 is 2.62 bits per heavy atom. The van der Waals surface area contributed by atoms with E-state index in [2.05, 4.69) is 10.2 Å². The summed E-state index contributed by atoms with van der Waals surface area (Å²) < 4.78 is 8.91. The second-order valence-corrected chi connectivity index (χ2v) is 9.68. The Labute approximate surface area is 209 Å². The highest BCUT2D eigenvalue weighted by atomic mass is 16.5. The topological polar surface area (TPSA) is 119 Å². The predicted molar refractivity (Wildman–Crippen MR) is 131 cm³/mol. The highest BCUT2D eigenvalue weighted by Gasteiger charge is 2.64. The molecule has 7 rings (SSSR count). The number of benzene rings is 2. The Morgan fingerprint density at radius 1 is 1.05 bits per heavy atom. The van der Waals surface area contributed by atoms with Gasteiger partial charge in [-0.25, -0.2) is 4.79 Å². The lowest BCUT2D eigenvalue weighted by molar-refractivity contribution is -0.159. The van der Waals surface area contributed by atoms with E-state index >= 15 is 0 Å². The van der Waals surface area contributed by atoms with Gasteiger partial charge in [-0.2, -0.15) is 0 Å². The van der Waals surface area contributed by atoms with E-state index in [0.717, 1.165) is 12.8 Å². The average Bonchev–Trinajstić information content (AvgIpc) is 3.55. The molecule has 4 heterocycles. The van der Waals surface area contributed by atoms with E-state index in [1.807, 2.05) is 0 Å². The number of hydrogen-bond donors (Lipinski definition) is 0. The van der Waals surface area contributed by atoms with Gasteiger partial charge in [-0.15, -0.1) is 10.2 Å². The molecule has 11 nitrogen and oxygen atoms in total. The number of hydrogen-bond acceptors (Lipinski definition) is 7. The summed E-state index contributed by atoms with van der Waals surface area (Å²) in [6, 6.07) is 13.8. The monoisotopic (exact) mass is 498 g/mol. The Bertz CT molecular complexity index is 1720. The normalized spacial score (nSPS) is 21.0. The third-order valence-electron chi connectivity index (χ3n) is 7.56. The van der Waals surface area contributed by atoms with Gasteiger partial charge >= 0.3 is 5.97 Å². The van der Waals surface area contributed by atoms with Gasteiger partial charge in [-0.3, -0.25) is 28.3 Å². The minimum Gasteiger partial charge on any atom is -0.454 e. The Kier molecular flexibility index (Phi) is 4.39. The van der Waals surface area contributed by atoms with Crippen LogP contribution in [0.5, 0.6) is 0 Å². The van der Waals surface area contributed by atoms with Crippen molar-refractivity contribution in [1.29, 1.82) is 0 Å². The Hall–Kier alpha value is -4.54. The number of aryl methyl sites for hydroxylation is 1. The van der Waals surface area contributed by atoms with Crippen molar-refractivity contribution in [3.8, 4) is 0 Å². The largest absolute Gasteiger partial charge is 0.454 e. The van der Waals surface area contributed by atoms with Gasteiger partial charge in [0.05, 0.1) is 22.2 Å². The molecule has 0 spiro atoms. The Balaban J connectivity index is 1.31. The van der Waals surface area contributed by atoms with Crippen LogP contribution in [-0.2, 0) is 28.0 Å². The number of carbonyl (C=O) groups excluding carboxylic acids is 3. The highest BCUT2D eigenvalue weighted by Crippen LogP contribution is 2.49. The van der Waals surface area contributed by atoms with Crippen LogP contribution in [0.3, 0.4) is 0 Å². The van der Waals surface area contributed by atoms with Gasteiger partial charge < -0.3 is 9.64 Å². The number of anilines is 1. The van der Waals surface area contributed by atoms with Crippen LogP contribution in [0.25, 0.3) is 16.7 Å². The second-order valence-electron chi connectivity index (χ2n) is 9.68. The average molecular weight is 498 g/mol. The van der Waals surface area contributed by atoms with Crippen LogP contribution < -0.4 is 10.5 Å². The quantitative estimate of drug-likeness (QED) is 0.394. The number of fused-ring (bicyclic) bond motifs is 6. The summed E-state index contributed by atoms with van der Waals surface area (Å²) in [5.74, 6) is -0.541. The number of ether oxygens (including phenoxy) is 1. The number of nitrogens with zero attached hydrogens (tertiary/aromatic N) is 6. The fraction of sp³-hybridized carbons (Fsp3) is 0.308. The summed E-state index contributed by atoms with van der Waals surface area (Å²) in [4.78, 5) is 56.4. The fourth-order valence-corrected chi connectivity index (χ4v) is 5.74. The zero-order valence-electron chi connectivity index (χ0n) is 20.0. The van der Waals surface area contributed by atoms with E-state index in [1.165, 1.54) is 9.47 Å². The molecule has 2 aromatic heterocycles. The molecule has 2 aliphatic heterocycles. The van der Waals surface area contributed by atoms with E-state index in [4.69, 9.17) is 4.74 Å². The van der Waals surface area contributed by atoms with E-state index < -0.39 is 11.6 Å². The first kappa shape index (κ1) is 21.7. The van der Waals surface area contributed by atoms with E-state index in [9.17, 15) is 19.2 Å². The van der Waals surface area contributed by atoms with Gasteiger partial charge in [0, 0.05) is 25.9 Å². The fourth-order valence-electron chi connectivity index (χ4n) is 5.74. The SMILES string of the molecule is Cn1c(=O)c2ccccc2n2c(COC(=O)C34CCC(=O)N3c3ccccc3C(=O)N4C3CC3)nnc12. The molecule has 4 aromatic rings. The third kappa shape index (κ3) is 2.82. The number of esters is 1. The van der Waals surface area contributed by atoms with Gasteiger partial charge in [-0.05, 0) is 37.1 Å². The van der Waals surface area contributed by atoms with Gasteiger partial charge in [0.25, 0.3) is 11.5 Å². The molecule has 3 aliphatic rings. The molecule has 1 atom stereocenters. The van der Waals surface area contributed by atoms with E-state index in [-0.39, 0.29) is 42.9 Å². The minimum atomic E-state index is -1.54. The molecule has 11 heteroatoms. The molecule has 1 unspecified atom stereocenters. The number of aromatic nitrogens is 4. The van der Waals surface area contributed by atoms with Crippen molar-refractivity contribution in [2.24, 2.45) is 7.05 Å². The van der Waals surface area contributed by atoms with E-state index in [1.54, 1.807) is 64.9 Å². The van der Waals surface area contributed by atoms with Crippen LogP contribution in [0, 0.1) is 0 Å². The van der Waals surface area contributed by atoms with Gasteiger partial charge in [0.1, 0.15) is 0 Å². The van der Waals surface area contributed by atoms with Crippen molar-refractivity contribution in [1.82, 2.24) is 24.1 Å². The molecule has 1 saturated carbocycles. The van der Waals surface area contributed by atoms with Crippen molar-refractivity contribution >= 4 is 40.2 Å². The number of para-hydroxylation sites is 2. The van der Waals surface area contributed by atoms with Gasteiger partial charge in [0.15, 0.2) is 12.4 Å². The maximum atomic E-state index is 13.9. The maximum absolute atomic E-state index is 13.9. The third-order valence-corrected chi connectivity index (χ3v) is 7.56. The molecule has 0 bridgehead atoms. The van der Waals surface area contributed by atoms with Crippen molar-refractivity contribution in [2.45, 2.75) is 44.0 Å². The number of carbonyl (C=O) groups is 3. The number of rotatable bonds is 4. The maximum Gasteiger partial charge on any atom is 0.354 e. The minimum absolute atomic E-state index is 0.126. The lowest BCUT2D eigenvalue weighted by Gasteiger charge is -2.48. The Morgan fingerprint density at radius 2 is 1.81 bits per heavy atom. The molecule has 2 amide bonds. The summed E-state index contributed by atoms with van der Waals surface area (Å²) in [5.41, 5.74) is -0.327. The first-order valence-corrected chi connectivity index (χ1v) is 12.2. The molecule has 2 aromatic carbocycles. The van der Waals surface area contributed by atoms with Crippen molar-refractivity contribution in [3.05, 3.63) is 70.3 Å². The molecular weight excluding hydrogens is 476 g/mol. The molecule has 37 heavy (non-hydrogen) atoms. The van der Waals surface area contributed by atoms with Crippen LogP contribution in [0.2, 0.25) is 0 Å². The van der Waals surface area contributed by atoms with Crippen molar-refractivity contribution < 1.29 is 19.1 Å². The number of amides is 2. The first-order valence-electron chi connectivity index (χ1n) is 12.2. The van der Waals surface area contributed by atoms with Crippen LogP contribution in [0.15, 0.2) is 53.3 Å². The highest BCUT2D eigenvalue weighted by molar-refractivity contribution is 6.15. The van der Waals surface area contributed by atoms with Crippen LogP contribution in [-0.4, -0.2) is 53.6 Å². The molecule has 186 valence electrons. The summed E-state index contributed by atoms with van der Waals surface area (Å²) in [6.45, 7) is -0.250. The van der Waals surface area contributed by atoms with Gasteiger partial charge in [0.2, 0.25) is 17.3 Å². The summed E-state index contributed by atoms with van der Waals surface area (Å²) in [6.07, 6.45) is 1.80. The van der Waals surface area contributed by atoms with Crippen molar-refractivity contribution in [3.63, 3.8) is 0 Å². The van der Waals surface area contributed by atoms with Crippen LogP contribution in [0.1, 0.15) is 41.9 Å². The van der Waals surface area contributed by atoms with E-state index in [0.29, 0.717) is 33.8 Å². The van der Waals surface area contributed by atoms with Crippen LogP contribution in [0.4, 0.5) is 5.69 Å². The standard InChI is InChI=1S/C26H22N6O5/c1-29-22(34)16-6-2-4-8-18(16)30-20(27-28-25(29)30)14-37-24(36)26-13-12-21(33)32(26)19-9-5-3-7-17(19)23(35)31(26)15-10-11-15/h2-9,15H,10-14H2,1H3. The predicted octanol–water partition coefficient (Wildman–Crippen LogP) is 1.77. The smallest absolute Gasteiger partial charge is 0.354 e. The van der Waals surface area contributed by atoms with Gasteiger partial charge in [-0.1, -0.05) is 24.3 Å². The first-order chi connectivity index (χ1) is 17.9. The molecule has 0 radical (unpaired) electrons. The molecule has 2 fully saturated rings. The zero-order valence-corrected chi connectivity index (χ0v) is 20.0. The molecule has 1 aliphatic carbocycles.